The van der Waals surface area contributed by atoms with E-state index in [2.05, 4.69) is 20.8 Å². The first-order valence-electron chi connectivity index (χ1n) is 6.37. The molecule has 2 heteroatoms. The highest BCUT2D eigenvalue weighted by molar-refractivity contribution is 4.99. The minimum absolute atomic E-state index is 0.114. The van der Waals surface area contributed by atoms with E-state index in [1.54, 1.807) is 0 Å². The summed E-state index contributed by atoms with van der Waals surface area (Å²) >= 11 is 0. The predicted molar refractivity (Wildman–Crippen MR) is 62.7 cm³/mol. The average Bonchev–Trinajstić information content (AvgIpc) is 2.20. The largest absolute Gasteiger partial charge is 0.396 e. The minimum atomic E-state index is -0.636. The van der Waals surface area contributed by atoms with Crippen molar-refractivity contribution in [3.63, 3.8) is 0 Å². The van der Waals surface area contributed by atoms with Crippen LogP contribution in [0.1, 0.15) is 59.3 Å². The fraction of sp³-hybridized carbons (Fsp3) is 1.00. The van der Waals surface area contributed by atoms with Crippen LogP contribution in [0, 0.1) is 11.3 Å². The van der Waals surface area contributed by atoms with Gasteiger partial charge in [0.25, 0.3) is 0 Å². The molecule has 0 aromatic heterocycles. The SMILES string of the molecule is CCC(CC)(CO)C1(O)CCCC(C)C1. The standard InChI is InChI=1S/C13H26O2/c1-4-12(5-2,10-14)13(15)8-6-7-11(3)9-13/h11,14-15H,4-10H2,1-3H3. The third-order valence-corrected chi connectivity index (χ3v) is 4.62. The second-order valence-corrected chi connectivity index (χ2v) is 5.38. The molecule has 0 radical (unpaired) electrons. The van der Waals surface area contributed by atoms with E-state index in [9.17, 15) is 10.2 Å². The molecule has 1 fully saturated rings. The van der Waals surface area contributed by atoms with E-state index in [-0.39, 0.29) is 12.0 Å². The van der Waals surface area contributed by atoms with Crippen LogP contribution in [0.5, 0.6) is 0 Å². The Kier molecular flexibility index (Phi) is 4.19. The van der Waals surface area contributed by atoms with Crippen molar-refractivity contribution < 1.29 is 10.2 Å². The van der Waals surface area contributed by atoms with E-state index in [1.807, 2.05) is 0 Å². The molecule has 2 unspecified atom stereocenters. The van der Waals surface area contributed by atoms with Gasteiger partial charge < -0.3 is 10.2 Å². The van der Waals surface area contributed by atoms with Crippen LogP contribution in [0.25, 0.3) is 0 Å². The lowest BCUT2D eigenvalue weighted by atomic mass is 9.61. The summed E-state index contributed by atoms with van der Waals surface area (Å²) in [4.78, 5) is 0. The summed E-state index contributed by atoms with van der Waals surface area (Å²) in [6.07, 6.45) is 5.76. The molecule has 0 spiro atoms. The van der Waals surface area contributed by atoms with Crippen molar-refractivity contribution >= 4 is 0 Å². The van der Waals surface area contributed by atoms with Gasteiger partial charge in [-0.15, -0.1) is 0 Å². The maximum atomic E-state index is 10.8. The first-order valence-corrected chi connectivity index (χ1v) is 6.37. The number of rotatable bonds is 4. The maximum absolute atomic E-state index is 10.8. The molecule has 90 valence electrons. The zero-order valence-corrected chi connectivity index (χ0v) is 10.4. The van der Waals surface area contributed by atoms with Crippen molar-refractivity contribution in [2.45, 2.75) is 64.9 Å². The molecule has 1 aliphatic rings. The molecule has 1 saturated carbocycles. The smallest absolute Gasteiger partial charge is 0.0728 e. The van der Waals surface area contributed by atoms with Crippen LogP contribution in [-0.2, 0) is 0 Å². The zero-order chi connectivity index (χ0) is 11.5. The summed E-state index contributed by atoms with van der Waals surface area (Å²) in [5.74, 6) is 0.591. The lowest BCUT2D eigenvalue weighted by Crippen LogP contribution is -2.52. The van der Waals surface area contributed by atoms with Gasteiger partial charge in [0.15, 0.2) is 0 Å². The van der Waals surface area contributed by atoms with E-state index in [0.29, 0.717) is 5.92 Å². The van der Waals surface area contributed by atoms with Gasteiger partial charge in [-0.25, -0.2) is 0 Å². The first kappa shape index (κ1) is 13.0. The van der Waals surface area contributed by atoms with Crippen molar-refractivity contribution in [1.29, 1.82) is 0 Å². The molecule has 0 bridgehead atoms. The fourth-order valence-electron chi connectivity index (χ4n) is 3.28. The topological polar surface area (TPSA) is 40.5 Å². The lowest BCUT2D eigenvalue weighted by molar-refractivity contribution is -0.143. The van der Waals surface area contributed by atoms with Crippen molar-refractivity contribution in [2.24, 2.45) is 11.3 Å². The van der Waals surface area contributed by atoms with E-state index < -0.39 is 5.60 Å². The summed E-state index contributed by atoms with van der Waals surface area (Å²) in [6, 6.07) is 0. The quantitative estimate of drug-likeness (QED) is 0.755. The molecule has 0 aliphatic heterocycles. The second-order valence-electron chi connectivity index (χ2n) is 5.38. The van der Waals surface area contributed by atoms with Gasteiger partial charge in [0.05, 0.1) is 12.2 Å². The number of hydrogen-bond acceptors (Lipinski definition) is 2. The molecule has 0 aromatic carbocycles. The summed E-state index contributed by atoms with van der Waals surface area (Å²) in [5.41, 5.74) is -0.912. The Morgan fingerprint density at radius 3 is 2.33 bits per heavy atom. The third kappa shape index (κ3) is 2.21. The summed E-state index contributed by atoms with van der Waals surface area (Å²) in [6.45, 7) is 6.48. The Bertz CT molecular complexity index is 190. The van der Waals surface area contributed by atoms with Gasteiger partial charge in [0.2, 0.25) is 0 Å². The Labute approximate surface area is 93.7 Å². The van der Waals surface area contributed by atoms with Crippen molar-refractivity contribution in [3.8, 4) is 0 Å². The van der Waals surface area contributed by atoms with Crippen molar-refractivity contribution in [2.75, 3.05) is 6.61 Å². The first-order chi connectivity index (χ1) is 7.03. The highest BCUT2D eigenvalue weighted by Crippen LogP contribution is 2.48. The van der Waals surface area contributed by atoms with E-state index in [0.717, 1.165) is 32.1 Å². The Hall–Kier alpha value is -0.0800. The van der Waals surface area contributed by atoms with Crippen molar-refractivity contribution in [1.82, 2.24) is 0 Å². The van der Waals surface area contributed by atoms with E-state index in [1.165, 1.54) is 6.42 Å². The number of aliphatic hydroxyl groups excluding tert-OH is 1. The molecule has 0 saturated heterocycles. The maximum Gasteiger partial charge on any atom is 0.0728 e. The molecule has 2 nitrogen and oxygen atoms in total. The van der Waals surface area contributed by atoms with Gasteiger partial charge in [-0.3, -0.25) is 0 Å². The van der Waals surface area contributed by atoms with Crippen LogP contribution in [0.2, 0.25) is 0 Å². The molecule has 2 atom stereocenters. The van der Waals surface area contributed by atoms with Crippen LogP contribution in [0.4, 0.5) is 0 Å². The minimum Gasteiger partial charge on any atom is -0.396 e. The molecule has 0 heterocycles. The Morgan fingerprint density at radius 2 is 1.93 bits per heavy atom. The highest BCUT2D eigenvalue weighted by Gasteiger charge is 2.48. The van der Waals surface area contributed by atoms with Crippen LogP contribution in [-0.4, -0.2) is 22.4 Å². The molecule has 15 heavy (non-hydrogen) atoms. The fourth-order valence-corrected chi connectivity index (χ4v) is 3.28. The average molecular weight is 214 g/mol. The van der Waals surface area contributed by atoms with Gasteiger partial charge in [0.1, 0.15) is 0 Å². The monoisotopic (exact) mass is 214 g/mol. The van der Waals surface area contributed by atoms with Crippen molar-refractivity contribution in [3.05, 3.63) is 0 Å². The normalized spacial score (nSPS) is 33.0. The second kappa shape index (κ2) is 4.84. The van der Waals surface area contributed by atoms with E-state index >= 15 is 0 Å². The van der Waals surface area contributed by atoms with E-state index in [4.69, 9.17) is 0 Å². The van der Waals surface area contributed by atoms with Crippen LogP contribution in [0.15, 0.2) is 0 Å². The number of aliphatic hydroxyl groups is 2. The molecule has 0 amide bonds. The Morgan fingerprint density at radius 1 is 1.33 bits per heavy atom. The van der Waals surface area contributed by atoms with Gasteiger partial charge in [0, 0.05) is 5.41 Å². The Balaban J connectivity index is 2.89. The molecular formula is C13H26O2. The van der Waals surface area contributed by atoms with Crippen LogP contribution in [0.3, 0.4) is 0 Å². The lowest BCUT2D eigenvalue weighted by Gasteiger charge is -2.49. The summed E-state index contributed by atoms with van der Waals surface area (Å²) < 4.78 is 0. The third-order valence-electron chi connectivity index (χ3n) is 4.62. The number of hydrogen-bond donors (Lipinski definition) is 2. The highest BCUT2D eigenvalue weighted by atomic mass is 16.3. The molecule has 1 aliphatic carbocycles. The molecule has 0 aromatic rings. The molecule has 2 N–H and O–H groups in total. The van der Waals surface area contributed by atoms with Gasteiger partial charge in [-0.1, -0.05) is 33.6 Å². The summed E-state index contributed by atoms with van der Waals surface area (Å²) in [7, 11) is 0. The molecule has 1 rings (SSSR count). The summed E-state index contributed by atoms with van der Waals surface area (Å²) in [5, 5.41) is 20.4. The van der Waals surface area contributed by atoms with Gasteiger partial charge in [-0.05, 0) is 31.6 Å². The van der Waals surface area contributed by atoms with Gasteiger partial charge >= 0.3 is 0 Å². The van der Waals surface area contributed by atoms with Crippen LogP contribution < -0.4 is 0 Å². The predicted octanol–water partition coefficient (Wildman–Crippen LogP) is 2.73. The molecular weight excluding hydrogens is 188 g/mol. The zero-order valence-electron chi connectivity index (χ0n) is 10.4. The van der Waals surface area contributed by atoms with Gasteiger partial charge in [-0.2, -0.15) is 0 Å². The van der Waals surface area contributed by atoms with Crippen LogP contribution >= 0.6 is 0 Å².